The fraction of sp³-hybridized carbons (Fsp3) is 0.562. The van der Waals surface area contributed by atoms with E-state index < -0.39 is 0 Å². The highest BCUT2D eigenvalue weighted by atomic mass is 16.5. The Hall–Kier alpha value is -1.71. The number of carbonyl (C=O) groups excluding carboxylic acids is 1. The second-order valence-corrected chi connectivity index (χ2v) is 5.24. The van der Waals surface area contributed by atoms with Gasteiger partial charge in [0.15, 0.2) is 11.5 Å². The minimum Gasteiger partial charge on any atom is -0.493 e. The quantitative estimate of drug-likeness (QED) is 0.769. The predicted molar refractivity (Wildman–Crippen MR) is 78.5 cm³/mol. The molecule has 1 aliphatic rings. The minimum atomic E-state index is 0.0366. The monoisotopic (exact) mass is 277 g/mol. The second-order valence-electron chi connectivity index (χ2n) is 5.24. The maximum absolute atomic E-state index is 12.7. The fourth-order valence-electron chi connectivity index (χ4n) is 2.38. The summed E-state index contributed by atoms with van der Waals surface area (Å²) in [6, 6.07) is 5.44. The van der Waals surface area contributed by atoms with Gasteiger partial charge in [0.1, 0.15) is 0 Å². The Morgan fingerprint density at radius 3 is 2.60 bits per heavy atom. The maximum Gasteiger partial charge on any atom is 0.257 e. The zero-order chi connectivity index (χ0) is 14.5. The van der Waals surface area contributed by atoms with E-state index in [0.29, 0.717) is 23.0 Å². The number of hydrogen-bond acceptors (Lipinski definition) is 3. The molecule has 110 valence electrons. The van der Waals surface area contributed by atoms with Crippen LogP contribution in [0.4, 0.5) is 0 Å². The number of para-hydroxylation sites is 1. The highest BCUT2D eigenvalue weighted by molar-refractivity contribution is 5.97. The second kappa shape index (κ2) is 6.64. The van der Waals surface area contributed by atoms with Crippen LogP contribution in [0, 0.1) is 5.92 Å². The summed E-state index contributed by atoms with van der Waals surface area (Å²) in [7, 11) is 3.15. The van der Waals surface area contributed by atoms with Crippen molar-refractivity contribution in [2.24, 2.45) is 5.92 Å². The topological polar surface area (TPSA) is 38.8 Å². The van der Waals surface area contributed by atoms with Gasteiger partial charge in [-0.15, -0.1) is 0 Å². The van der Waals surface area contributed by atoms with E-state index in [2.05, 4.69) is 6.92 Å². The third kappa shape index (κ3) is 3.24. The largest absolute Gasteiger partial charge is 0.493 e. The minimum absolute atomic E-state index is 0.0366. The number of carbonyl (C=O) groups is 1. The van der Waals surface area contributed by atoms with Crippen LogP contribution >= 0.6 is 0 Å². The highest BCUT2D eigenvalue weighted by Gasteiger charge is 2.28. The van der Waals surface area contributed by atoms with Gasteiger partial charge in [0, 0.05) is 13.1 Å². The Morgan fingerprint density at radius 2 is 2.05 bits per heavy atom. The molecule has 4 heteroatoms. The van der Waals surface area contributed by atoms with Crippen molar-refractivity contribution in [2.75, 3.05) is 27.3 Å². The Balaban J connectivity index is 2.25. The molecule has 0 spiro atoms. The van der Waals surface area contributed by atoms with Crippen LogP contribution in [0.3, 0.4) is 0 Å². The lowest BCUT2D eigenvalue weighted by atomic mass is 10.1. The molecule has 2 rings (SSSR count). The van der Waals surface area contributed by atoms with Gasteiger partial charge in [-0.05, 0) is 37.3 Å². The van der Waals surface area contributed by atoms with E-state index in [1.807, 2.05) is 11.0 Å². The standard InChI is InChI=1S/C16H23NO3/c1-4-10-17(11-12-8-9-12)16(18)13-6-5-7-14(19-2)15(13)20-3/h5-7,12H,4,8-11H2,1-3H3. The zero-order valence-electron chi connectivity index (χ0n) is 12.5. The van der Waals surface area contributed by atoms with Crippen LogP contribution in [0.15, 0.2) is 18.2 Å². The van der Waals surface area contributed by atoms with Crippen LogP contribution in [0.25, 0.3) is 0 Å². The molecule has 0 heterocycles. The van der Waals surface area contributed by atoms with Crippen LogP contribution in [0.5, 0.6) is 11.5 Å². The molecule has 0 unspecified atom stereocenters. The highest BCUT2D eigenvalue weighted by Crippen LogP contribution is 2.33. The number of hydrogen-bond donors (Lipinski definition) is 0. The molecule has 1 aromatic rings. The third-order valence-corrected chi connectivity index (χ3v) is 3.59. The van der Waals surface area contributed by atoms with Gasteiger partial charge in [0.2, 0.25) is 0 Å². The lowest BCUT2D eigenvalue weighted by molar-refractivity contribution is 0.0743. The molecule has 1 fully saturated rings. The van der Waals surface area contributed by atoms with Crippen molar-refractivity contribution >= 4 is 5.91 Å². The van der Waals surface area contributed by atoms with Crippen molar-refractivity contribution in [3.8, 4) is 11.5 Å². The summed E-state index contributed by atoms with van der Waals surface area (Å²) < 4.78 is 10.6. The summed E-state index contributed by atoms with van der Waals surface area (Å²) in [4.78, 5) is 14.7. The summed E-state index contributed by atoms with van der Waals surface area (Å²) >= 11 is 0. The van der Waals surface area contributed by atoms with Gasteiger partial charge in [0.05, 0.1) is 19.8 Å². The Bertz CT molecular complexity index is 469. The van der Waals surface area contributed by atoms with Gasteiger partial charge >= 0.3 is 0 Å². The molecule has 1 aliphatic carbocycles. The summed E-state index contributed by atoms with van der Waals surface area (Å²) in [5.41, 5.74) is 0.584. The van der Waals surface area contributed by atoms with Gasteiger partial charge in [-0.2, -0.15) is 0 Å². The summed E-state index contributed by atoms with van der Waals surface area (Å²) in [6.45, 7) is 3.73. The summed E-state index contributed by atoms with van der Waals surface area (Å²) in [6.07, 6.45) is 3.44. The molecule has 0 N–H and O–H groups in total. The predicted octanol–water partition coefficient (Wildman–Crippen LogP) is 2.97. The van der Waals surface area contributed by atoms with Crippen LogP contribution in [0.2, 0.25) is 0 Å². The van der Waals surface area contributed by atoms with Gasteiger partial charge in [-0.25, -0.2) is 0 Å². The van der Waals surface area contributed by atoms with E-state index in [0.717, 1.165) is 19.5 Å². The number of rotatable bonds is 7. The number of methoxy groups -OCH3 is 2. The average molecular weight is 277 g/mol. The first kappa shape index (κ1) is 14.7. The third-order valence-electron chi connectivity index (χ3n) is 3.59. The van der Waals surface area contributed by atoms with Crippen LogP contribution in [-0.4, -0.2) is 38.1 Å². The van der Waals surface area contributed by atoms with Crippen molar-refractivity contribution in [3.63, 3.8) is 0 Å². The molecule has 1 saturated carbocycles. The van der Waals surface area contributed by atoms with E-state index in [1.165, 1.54) is 12.8 Å². The van der Waals surface area contributed by atoms with E-state index in [1.54, 1.807) is 26.4 Å². The first-order chi connectivity index (χ1) is 9.71. The van der Waals surface area contributed by atoms with E-state index in [-0.39, 0.29) is 5.91 Å². The molecule has 0 bridgehead atoms. The molecule has 0 atom stereocenters. The smallest absolute Gasteiger partial charge is 0.257 e. The lowest BCUT2D eigenvalue weighted by Gasteiger charge is -2.23. The molecule has 0 saturated heterocycles. The Morgan fingerprint density at radius 1 is 1.30 bits per heavy atom. The van der Waals surface area contributed by atoms with Gasteiger partial charge < -0.3 is 14.4 Å². The number of nitrogens with zero attached hydrogens (tertiary/aromatic N) is 1. The Labute approximate surface area is 120 Å². The zero-order valence-corrected chi connectivity index (χ0v) is 12.5. The molecular weight excluding hydrogens is 254 g/mol. The van der Waals surface area contributed by atoms with Crippen LogP contribution in [-0.2, 0) is 0 Å². The molecular formula is C16H23NO3. The normalized spacial score (nSPS) is 13.9. The molecule has 1 aromatic carbocycles. The number of benzene rings is 1. The lowest BCUT2D eigenvalue weighted by Crippen LogP contribution is -2.33. The average Bonchev–Trinajstić information content (AvgIpc) is 3.29. The molecule has 0 aliphatic heterocycles. The maximum atomic E-state index is 12.7. The molecule has 1 amide bonds. The molecule has 20 heavy (non-hydrogen) atoms. The van der Waals surface area contributed by atoms with Crippen LogP contribution < -0.4 is 9.47 Å². The molecule has 0 radical (unpaired) electrons. The van der Waals surface area contributed by atoms with Crippen LogP contribution in [0.1, 0.15) is 36.5 Å². The first-order valence-electron chi connectivity index (χ1n) is 7.21. The number of amides is 1. The summed E-state index contributed by atoms with van der Waals surface area (Å²) in [5.74, 6) is 1.84. The molecule has 4 nitrogen and oxygen atoms in total. The summed E-state index contributed by atoms with van der Waals surface area (Å²) in [5, 5.41) is 0. The number of ether oxygens (including phenoxy) is 2. The van der Waals surface area contributed by atoms with Gasteiger partial charge in [0.25, 0.3) is 5.91 Å². The fourth-order valence-corrected chi connectivity index (χ4v) is 2.38. The SMILES string of the molecule is CCCN(CC1CC1)C(=O)c1cccc(OC)c1OC. The molecule has 0 aromatic heterocycles. The van der Waals surface area contributed by atoms with E-state index in [4.69, 9.17) is 9.47 Å². The van der Waals surface area contributed by atoms with Crippen molar-refractivity contribution < 1.29 is 14.3 Å². The van der Waals surface area contributed by atoms with Crippen molar-refractivity contribution in [1.29, 1.82) is 0 Å². The van der Waals surface area contributed by atoms with E-state index >= 15 is 0 Å². The first-order valence-corrected chi connectivity index (χ1v) is 7.21. The van der Waals surface area contributed by atoms with Crippen molar-refractivity contribution in [2.45, 2.75) is 26.2 Å². The van der Waals surface area contributed by atoms with Crippen molar-refractivity contribution in [1.82, 2.24) is 4.90 Å². The van der Waals surface area contributed by atoms with Gasteiger partial charge in [-0.1, -0.05) is 13.0 Å². The van der Waals surface area contributed by atoms with Crippen molar-refractivity contribution in [3.05, 3.63) is 23.8 Å². The Kier molecular flexibility index (Phi) is 4.88. The van der Waals surface area contributed by atoms with E-state index in [9.17, 15) is 4.79 Å². The van der Waals surface area contributed by atoms with Gasteiger partial charge in [-0.3, -0.25) is 4.79 Å².